The third-order valence-corrected chi connectivity index (χ3v) is 2.98. The molecule has 2 aromatic heterocycles. The van der Waals surface area contributed by atoms with Gasteiger partial charge in [-0.2, -0.15) is 0 Å². The van der Waals surface area contributed by atoms with Crippen LogP contribution < -0.4 is 5.32 Å². The second-order valence-corrected chi connectivity index (χ2v) is 4.40. The van der Waals surface area contributed by atoms with Crippen molar-refractivity contribution in [2.75, 3.05) is 5.32 Å². The molecule has 0 saturated heterocycles. The average Bonchev–Trinajstić information content (AvgIpc) is 2.81. The Hall–Kier alpha value is -2.43. The molecule has 96 valence electrons. The maximum Gasteiger partial charge on any atom is 0.201 e. The van der Waals surface area contributed by atoms with Gasteiger partial charge in [0, 0.05) is 12.4 Å². The minimum atomic E-state index is -0.275. The molecule has 0 radical (unpaired) electrons. The molecule has 5 heteroatoms. The Bertz CT molecular complexity index is 693. The topological polar surface area (TPSA) is 53.6 Å². The van der Waals surface area contributed by atoms with Crippen LogP contribution in [0.25, 0.3) is 11.0 Å². The molecule has 0 bridgehead atoms. The number of pyridine rings is 1. The largest absolute Gasteiger partial charge is 0.349 e. The van der Waals surface area contributed by atoms with E-state index in [0.717, 1.165) is 11.1 Å². The van der Waals surface area contributed by atoms with E-state index in [2.05, 4.69) is 20.3 Å². The standard InChI is InChI=1S/C14H13FN4/c1-9(10-3-2-6-16-8-10)17-14-18-12-5-4-11(15)7-13(12)19-14/h2-9H,1H3,(H2,17,18,19). The predicted octanol–water partition coefficient (Wildman–Crippen LogP) is 3.27. The van der Waals surface area contributed by atoms with Crippen molar-refractivity contribution in [1.82, 2.24) is 15.0 Å². The van der Waals surface area contributed by atoms with E-state index in [1.54, 1.807) is 18.5 Å². The highest BCUT2D eigenvalue weighted by molar-refractivity contribution is 5.77. The molecule has 3 rings (SSSR count). The molecule has 2 N–H and O–H groups in total. The number of nitrogens with one attached hydrogen (secondary N) is 2. The molecule has 0 aliphatic carbocycles. The summed E-state index contributed by atoms with van der Waals surface area (Å²) in [6.07, 6.45) is 3.54. The smallest absolute Gasteiger partial charge is 0.201 e. The van der Waals surface area contributed by atoms with Gasteiger partial charge in [0.1, 0.15) is 5.82 Å². The zero-order chi connectivity index (χ0) is 13.2. The first-order chi connectivity index (χ1) is 9.22. The van der Waals surface area contributed by atoms with E-state index in [1.165, 1.54) is 12.1 Å². The first-order valence-corrected chi connectivity index (χ1v) is 6.04. The van der Waals surface area contributed by atoms with Crippen molar-refractivity contribution in [2.24, 2.45) is 0 Å². The molecule has 1 atom stereocenters. The fourth-order valence-electron chi connectivity index (χ4n) is 1.97. The number of rotatable bonds is 3. The van der Waals surface area contributed by atoms with Gasteiger partial charge in [-0.25, -0.2) is 9.37 Å². The number of imidazole rings is 1. The summed E-state index contributed by atoms with van der Waals surface area (Å²) in [5, 5.41) is 3.24. The van der Waals surface area contributed by atoms with Crippen molar-refractivity contribution in [3.8, 4) is 0 Å². The first-order valence-electron chi connectivity index (χ1n) is 6.04. The molecule has 2 heterocycles. The van der Waals surface area contributed by atoms with Gasteiger partial charge in [0.05, 0.1) is 17.1 Å². The predicted molar refractivity (Wildman–Crippen MR) is 72.3 cm³/mol. The lowest BCUT2D eigenvalue weighted by Gasteiger charge is -2.12. The summed E-state index contributed by atoms with van der Waals surface area (Å²) in [5.41, 5.74) is 2.48. The molecule has 1 aromatic carbocycles. The monoisotopic (exact) mass is 256 g/mol. The van der Waals surface area contributed by atoms with Crippen molar-refractivity contribution < 1.29 is 4.39 Å². The average molecular weight is 256 g/mol. The number of nitrogens with zero attached hydrogens (tertiary/aromatic N) is 2. The number of H-pyrrole nitrogens is 1. The van der Waals surface area contributed by atoms with Crippen molar-refractivity contribution in [1.29, 1.82) is 0 Å². The highest BCUT2D eigenvalue weighted by Crippen LogP contribution is 2.19. The summed E-state index contributed by atoms with van der Waals surface area (Å²) >= 11 is 0. The summed E-state index contributed by atoms with van der Waals surface area (Å²) in [6.45, 7) is 2.02. The van der Waals surface area contributed by atoms with Gasteiger partial charge in [-0.3, -0.25) is 4.98 Å². The maximum atomic E-state index is 13.1. The molecule has 3 aromatic rings. The molecular weight excluding hydrogens is 243 g/mol. The molecule has 0 saturated carbocycles. The second-order valence-electron chi connectivity index (χ2n) is 4.40. The number of halogens is 1. The zero-order valence-corrected chi connectivity index (χ0v) is 10.4. The SMILES string of the molecule is CC(Nc1nc2ccc(F)cc2[nH]1)c1cccnc1. The van der Waals surface area contributed by atoms with E-state index in [-0.39, 0.29) is 11.9 Å². The van der Waals surface area contributed by atoms with E-state index in [1.807, 2.05) is 19.1 Å². The molecule has 1 unspecified atom stereocenters. The summed E-state index contributed by atoms with van der Waals surface area (Å²) in [5.74, 6) is 0.347. The zero-order valence-electron chi connectivity index (χ0n) is 10.4. The normalized spacial score (nSPS) is 12.5. The van der Waals surface area contributed by atoms with Gasteiger partial charge in [-0.05, 0) is 36.8 Å². The van der Waals surface area contributed by atoms with Crippen LogP contribution >= 0.6 is 0 Å². The van der Waals surface area contributed by atoms with Crippen LogP contribution in [-0.2, 0) is 0 Å². The number of fused-ring (bicyclic) bond motifs is 1. The van der Waals surface area contributed by atoms with Crippen LogP contribution in [0.1, 0.15) is 18.5 Å². The van der Waals surface area contributed by atoms with Crippen molar-refractivity contribution in [3.05, 3.63) is 54.1 Å². The van der Waals surface area contributed by atoms with Crippen LogP contribution in [0.2, 0.25) is 0 Å². The Morgan fingerprint density at radius 1 is 1.32 bits per heavy atom. The van der Waals surface area contributed by atoms with Crippen LogP contribution in [-0.4, -0.2) is 15.0 Å². The van der Waals surface area contributed by atoms with E-state index >= 15 is 0 Å². The lowest BCUT2D eigenvalue weighted by molar-refractivity contribution is 0.629. The van der Waals surface area contributed by atoms with Crippen LogP contribution in [0.4, 0.5) is 10.3 Å². The summed E-state index contributed by atoms with van der Waals surface area (Å²) < 4.78 is 13.1. The Labute approximate surface area is 109 Å². The van der Waals surface area contributed by atoms with Crippen LogP contribution in [0.5, 0.6) is 0 Å². The van der Waals surface area contributed by atoms with Crippen molar-refractivity contribution in [3.63, 3.8) is 0 Å². The lowest BCUT2D eigenvalue weighted by Crippen LogP contribution is -2.07. The Morgan fingerprint density at radius 3 is 3.00 bits per heavy atom. The summed E-state index contributed by atoms with van der Waals surface area (Å²) in [4.78, 5) is 11.5. The van der Waals surface area contributed by atoms with Gasteiger partial charge in [0.2, 0.25) is 5.95 Å². The Balaban J connectivity index is 1.85. The van der Waals surface area contributed by atoms with Crippen LogP contribution in [0.3, 0.4) is 0 Å². The van der Waals surface area contributed by atoms with Gasteiger partial charge < -0.3 is 10.3 Å². The molecule has 0 fully saturated rings. The number of hydrogen-bond donors (Lipinski definition) is 2. The van der Waals surface area contributed by atoms with E-state index < -0.39 is 0 Å². The van der Waals surface area contributed by atoms with E-state index in [4.69, 9.17) is 0 Å². The third kappa shape index (κ3) is 2.40. The molecule has 19 heavy (non-hydrogen) atoms. The Morgan fingerprint density at radius 2 is 2.21 bits per heavy atom. The quantitative estimate of drug-likeness (QED) is 0.756. The van der Waals surface area contributed by atoms with Gasteiger partial charge in [-0.1, -0.05) is 6.07 Å². The van der Waals surface area contributed by atoms with Crippen molar-refractivity contribution in [2.45, 2.75) is 13.0 Å². The molecular formula is C14H13FN4. The van der Waals surface area contributed by atoms with Gasteiger partial charge in [-0.15, -0.1) is 0 Å². The molecule has 0 aliphatic rings. The molecule has 0 aliphatic heterocycles. The number of anilines is 1. The number of hydrogen-bond acceptors (Lipinski definition) is 3. The summed E-state index contributed by atoms with van der Waals surface area (Å²) in [7, 11) is 0. The van der Waals surface area contributed by atoms with Gasteiger partial charge >= 0.3 is 0 Å². The highest BCUT2D eigenvalue weighted by atomic mass is 19.1. The number of benzene rings is 1. The van der Waals surface area contributed by atoms with E-state index in [9.17, 15) is 4.39 Å². The van der Waals surface area contributed by atoms with Crippen molar-refractivity contribution >= 4 is 17.0 Å². The minimum Gasteiger partial charge on any atom is -0.349 e. The molecule has 4 nitrogen and oxygen atoms in total. The summed E-state index contributed by atoms with van der Waals surface area (Å²) in [6, 6.07) is 8.44. The fourth-order valence-corrected chi connectivity index (χ4v) is 1.97. The van der Waals surface area contributed by atoms with Crippen LogP contribution in [0.15, 0.2) is 42.7 Å². The number of aromatic nitrogens is 3. The lowest BCUT2D eigenvalue weighted by atomic mass is 10.1. The third-order valence-electron chi connectivity index (χ3n) is 2.98. The molecule has 0 spiro atoms. The highest BCUT2D eigenvalue weighted by Gasteiger charge is 2.08. The minimum absolute atomic E-state index is 0.0686. The maximum absolute atomic E-state index is 13.1. The fraction of sp³-hybridized carbons (Fsp3) is 0.143. The van der Waals surface area contributed by atoms with Gasteiger partial charge in [0.15, 0.2) is 0 Å². The van der Waals surface area contributed by atoms with E-state index in [0.29, 0.717) is 11.5 Å². The second kappa shape index (κ2) is 4.68. The number of aromatic amines is 1. The first kappa shape index (κ1) is 11.6. The Kier molecular flexibility index (Phi) is 2.87. The van der Waals surface area contributed by atoms with Crippen LogP contribution in [0, 0.1) is 5.82 Å². The molecule has 0 amide bonds. The van der Waals surface area contributed by atoms with Gasteiger partial charge in [0.25, 0.3) is 0 Å².